The maximum atomic E-state index is 5.80. The maximum Gasteiger partial charge on any atom is 0.0705 e. The van der Waals surface area contributed by atoms with Crippen molar-refractivity contribution in [2.24, 2.45) is 5.84 Å². The largest absolute Gasteiger partial charge is 0.271 e. The Morgan fingerprint density at radius 2 is 1.95 bits per heavy atom. The van der Waals surface area contributed by atoms with E-state index in [9.17, 15) is 0 Å². The van der Waals surface area contributed by atoms with Crippen LogP contribution in [0.25, 0.3) is 10.9 Å². The second-order valence-corrected chi connectivity index (χ2v) is 5.89. The van der Waals surface area contributed by atoms with E-state index in [0.29, 0.717) is 0 Å². The number of nitrogens with two attached hydrogens (primary N) is 1. The van der Waals surface area contributed by atoms with Gasteiger partial charge in [-0.05, 0) is 41.8 Å². The molecule has 0 aliphatic rings. The molecule has 21 heavy (non-hydrogen) atoms. The molecule has 1 aromatic heterocycles. The highest BCUT2D eigenvalue weighted by Crippen LogP contribution is 2.25. The summed E-state index contributed by atoms with van der Waals surface area (Å²) in [5.41, 5.74) is 6.32. The predicted molar refractivity (Wildman–Crippen MR) is 89.7 cm³/mol. The monoisotopic (exact) mass is 341 g/mol. The first-order chi connectivity index (χ1) is 10.3. The lowest BCUT2D eigenvalue weighted by atomic mass is 9.96. The molecular weight excluding hydrogens is 326 g/mol. The molecule has 3 N–H and O–H groups in total. The maximum absolute atomic E-state index is 5.80. The Bertz CT molecular complexity index is 752. The van der Waals surface area contributed by atoms with E-state index in [1.807, 2.05) is 42.6 Å². The quantitative estimate of drug-likeness (QED) is 0.561. The van der Waals surface area contributed by atoms with Gasteiger partial charge in [-0.1, -0.05) is 46.3 Å². The second kappa shape index (κ2) is 6.35. The summed E-state index contributed by atoms with van der Waals surface area (Å²) < 4.78 is 1.08. The van der Waals surface area contributed by atoms with Crippen molar-refractivity contribution in [2.75, 3.05) is 0 Å². The summed E-state index contributed by atoms with van der Waals surface area (Å²) in [7, 11) is 0. The van der Waals surface area contributed by atoms with E-state index in [1.165, 1.54) is 11.1 Å². The van der Waals surface area contributed by atoms with Crippen LogP contribution in [-0.2, 0) is 6.42 Å². The van der Waals surface area contributed by atoms with Crippen molar-refractivity contribution in [3.63, 3.8) is 0 Å². The molecule has 0 spiro atoms. The molecule has 3 nitrogen and oxygen atoms in total. The minimum absolute atomic E-state index is 0.0483. The first-order valence-electron chi connectivity index (χ1n) is 6.82. The van der Waals surface area contributed by atoms with Crippen molar-refractivity contribution in [2.45, 2.75) is 12.5 Å². The predicted octanol–water partition coefficient (Wildman–Crippen LogP) is 3.74. The minimum atomic E-state index is 0.0483. The average Bonchev–Trinajstić information content (AvgIpc) is 2.52. The molecule has 0 amide bonds. The molecule has 0 saturated carbocycles. The summed E-state index contributed by atoms with van der Waals surface area (Å²) in [4.78, 5) is 4.40. The Labute approximate surface area is 132 Å². The zero-order valence-electron chi connectivity index (χ0n) is 11.5. The van der Waals surface area contributed by atoms with Crippen molar-refractivity contribution in [1.82, 2.24) is 10.4 Å². The molecular formula is C17H16BrN3. The van der Waals surface area contributed by atoms with Gasteiger partial charge in [0.15, 0.2) is 0 Å². The summed E-state index contributed by atoms with van der Waals surface area (Å²) in [6.07, 6.45) is 2.66. The lowest BCUT2D eigenvalue weighted by Crippen LogP contribution is -2.29. The summed E-state index contributed by atoms with van der Waals surface area (Å²) in [5.74, 6) is 5.80. The zero-order chi connectivity index (χ0) is 14.7. The molecule has 3 rings (SSSR count). The van der Waals surface area contributed by atoms with Crippen molar-refractivity contribution < 1.29 is 0 Å². The highest BCUT2D eigenvalue weighted by atomic mass is 79.9. The molecule has 4 heteroatoms. The zero-order valence-corrected chi connectivity index (χ0v) is 13.0. The molecule has 0 aliphatic carbocycles. The van der Waals surface area contributed by atoms with Gasteiger partial charge in [-0.3, -0.25) is 16.3 Å². The van der Waals surface area contributed by atoms with Crippen molar-refractivity contribution in [3.05, 3.63) is 76.4 Å². The van der Waals surface area contributed by atoms with E-state index in [2.05, 4.69) is 44.5 Å². The van der Waals surface area contributed by atoms with Crippen molar-refractivity contribution in [1.29, 1.82) is 0 Å². The molecule has 0 radical (unpaired) electrons. The SMILES string of the molecule is NNC(Cc1cccc(Br)c1)c1ccnc2ccccc12. The Morgan fingerprint density at radius 1 is 1.10 bits per heavy atom. The fourth-order valence-electron chi connectivity index (χ4n) is 2.58. The number of nitrogens with one attached hydrogen (secondary N) is 1. The topological polar surface area (TPSA) is 50.9 Å². The first-order valence-corrected chi connectivity index (χ1v) is 7.61. The van der Waals surface area contributed by atoms with Gasteiger partial charge in [-0.15, -0.1) is 0 Å². The smallest absolute Gasteiger partial charge is 0.0705 e. The number of pyridine rings is 1. The van der Waals surface area contributed by atoms with Gasteiger partial charge in [0.2, 0.25) is 0 Å². The molecule has 106 valence electrons. The van der Waals surface area contributed by atoms with Crippen molar-refractivity contribution in [3.8, 4) is 0 Å². The van der Waals surface area contributed by atoms with Crippen LogP contribution in [0.3, 0.4) is 0 Å². The molecule has 3 aromatic rings. The van der Waals surface area contributed by atoms with E-state index < -0.39 is 0 Å². The van der Waals surface area contributed by atoms with Crippen LogP contribution >= 0.6 is 15.9 Å². The number of rotatable bonds is 4. The summed E-state index contributed by atoms with van der Waals surface area (Å²) in [6, 6.07) is 18.5. The Kier molecular flexibility index (Phi) is 4.29. The fraction of sp³-hybridized carbons (Fsp3) is 0.118. The van der Waals surface area contributed by atoms with E-state index in [-0.39, 0.29) is 6.04 Å². The van der Waals surface area contributed by atoms with Crippen LogP contribution < -0.4 is 11.3 Å². The van der Waals surface area contributed by atoms with Crippen LogP contribution in [0.2, 0.25) is 0 Å². The molecule has 0 fully saturated rings. The third-order valence-corrected chi connectivity index (χ3v) is 4.08. The number of hydrazine groups is 1. The van der Waals surface area contributed by atoms with Gasteiger partial charge in [0.05, 0.1) is 11.6 Å². The van der Waals surface area contributed by atoms with Crippen molar-refractivity contribution >= 4 is 26.8 Å². The highest BCUT2D eigenvalue weighted by molar-refractivity contribution is 9.10. The number of fused-ring (bicyclic) bond motifs is 1. The molecule has 1 atom stereocenters. The summed E-state index contributed by atoms with van der Waals surface area (Å²) >= 11 is 3.51. The average molecular weight is 342 g/mol. The van der Waals surface area contributed by atoms with Gasteiger partial charge in [0.1, 0.15) is 0 Å². The molecule has 0 saturated heterocycles. The molecule has 0 aliphatic heterocycles. The van der Waals surface area contributed by atoms with Gasteiger partial charge in [-0.25, -0.2) is 0 Å². The fourth-order valence-corrected chi connectivity index (χ4v) is 3.03. The summed E-state index contributed by atoms with van der Waals surface area (Å²) in [6.45, 7) is 0. The number of hydrogen-bond donors (Lipinski definition) is 2. The lowest BCUT2D eigenvalue weighted by Gasteiger charge is -2.18. The Balaban J connectivity index is 1.98. The molecule has 1 heterocycles. The van der Waals surface area contributed by atoms with Crippen LogP contribution in [0.15, 0.2) is 65.3 Å². The third-order valence-electron chi connectivity index (χ3n) is 3.59. The highest BCUT2D eigenvalue weighted by Gasteiger charge is 2.14. The number of para-hydroxylation sites is 1. The van der Waals surface area contributed by atoms with Gasteiger partial charge in [0, 0.05) is 16.1 Å². The van der Waals surface area contributed by atoms with E-state index in [4.69, 9.17) is 5.84 Å². The van der Waals surface area contributed by atoms with E-state index >= 15 is 0 Å². The first kappa shape index (κ1) is 14.2. The standard InChI is InChI=1S/C17H16BrN3/c18-13-5-3-4-12(10-13)11-17(21-19)15-8-9-20-16-7-2-1-6-14(15)16/h1-10,17,21H,11,19H2. The van der Waals surface area contributed by atoms with Gasteiger partial charge in [0.25, 0.3) is 0 Å². The second-order valence-electron chi connectivity index (χ2n) is 4.97. The minimum Gasteiger partial charge on any atom is -0.271 e. The molecule has 0 bridgehead atoms. The molecule has 2 aromatic carbocycles. The van der Waals surface area contributed by atoms with E-state index in [0.717, 1.165) is 21.8 Å². The number of halogens is 1. The normalized spacial score (nSPS) is 12.5. The Hall–Kier alpha value is -1.75. The number of aromatic nitrogens is 1. The van der Waals surface area contributed by atoms with Crippen LogP contribution in [0.5, 0.6) is 0 Å². The third kappa shape index (κ3) is 3.13. The molecule has 1 unspecified atom stereocenters. The summed E-state index contributed by atoms with van der Waals surface area (Å²) in [5, 5.41) is 1.14. The van der Waals surface area contributed by atoms with Crippen LogP contribution in [0.4, 0.5) is 0 Å². The van der Waals surface area contributed by atoms with Gasteiger partial charge < -0.3 is 0 Å². The number of benzene rings is 2. The van der Waals surface area contributed by atoms with Crippen LogP contribution in [0.1, 0.15) is 17.2 Å². The number of hydrogen-bond acceptors (Lipinski definition) is 3. The van der Waals surface area contributed by atoms with Gasteiger partial charge >= 0.3 is 0 Å². The van der Waals surface area contributed by atoms with Crippen LogP contribution in [-0.4, -0.2) is 4.98 Å². The van der Waals surface area contributed by atoms with E-state index in [1.54, 1.807) is 0 Å². The Morgan fingerprint density at radius 3 is 2.76 bits per heavy atom. The van der Waals surface area contributed by atoms with Gasteiger partial charge in [-0.2, -0.15) is 0 Å². The van der Waals surface area contributed by atoms with Crippen LogP contribution in [0, 0.1) is 0 Å². The number of nitrogens with zero attached hydrogens (tertiary/aromatic N) is 1. The lowest BCUT2D eigenvalue weighted by molar-refractivity contribution is 0.555.